The van der Waals surface area contributed by atoms with Gasteiger partial charge in [-0.3, -0.25) is 19.3 Å². The summed E-state index contributed by atoms with van der Waals surface area (Å²) in [6.07, 6.45) is 3.55. The predicted octanol–water partition coefficient (Wildman–Crippen LogP) is 2.40. The van der Waals surface area contributed by atoms with E-state index >= 15 is 0 Å². The molecule has 0 saturated carbocycles. The lowest BCUT2D eigenvalue weighted by atomic mass is 9.80. The van der Waals surface area contributed by atoms with Crippen molar-refractivity contribution in [1.82, 2.24) is 10.4 Å². The molecule has 1 aliphatic heterocycles. The minimum Gasteiger partial charge on any atom is -0.423 e. The number of nitrogens with one attached hydrogen (secondary N) is 1. The van der Waals surface area contributed by atoms with Crippen LogP contribution in [-0.4, -0.2) is 47.0 Å². The van der Waals surface area contributed by atoms with Crippen LogP contribution >= 0.6 is 0 Å². The van der Waals surface area contributed by atoms with Crippen LogP contribution in [0.15, 0.2) is 60.7 Å². The number of hydrogen-bond acceptors (Lipinski definition) is 6. The van der Waals surface area contributed by atoms with E-state index in [9.17, 15) is 9.59 Å². The fourth-order valence-corrected chi connectivity index (χ4v) is 4.10. The lowest BCUT2D eigenvalue weighted by Gasteiger charge is -2.27. The zero-order valence-corrected chi connectivity index (χ0v) is 18.4. The van der Waals surface area contributed by atoms with E-state index in [2.05, 4.69) is 5.48 Å². The van der Waals surface area contributed by atoms with E-state index in [-0.39, 0.29) is 11.8 Å². The van der Waals surface area contributed by atoms with Gasteiger partial charge in [-0.25, -0.2) is 5.48 Å². The van der Waals surface area contributed by atoms with Crippen LogP contribution in [0, 0.1) is 0 Å². The highest BCUT2D eigenvalue weighted by molar-refractivity contribution is 6.58. The van der Waals surface area contributed by atoms with E-state index in [1.54, 1.807) is 36.4 Å². The summed E-state index contributed by atoms with van der Waals surface area (Å²) in [6, 6.07) is 18.0. The van der Waals surface area contributed by atoms with Gasteiger partial charge in [-0.15, -0.1) is 0 Å². The van der Waals surface area contributed by atoms with Crippen LogP contribution in [0.4, 0.5) is 0 Å². The SMILES string of the molecule is O=C1c2cccc3cccc(c23)C(=O)N1CCCCCCNOCc1ccc(B(O)O)cc1. The summed E-state index contributed by atoms with van der Waals surface area (Å²) in [5, 5.41) is 19.9. The number of hydrogen-bond donors (Lipinski definition) is 3. The first kappa shape index (κ1) is 23.1. The molecule has 0 unspecified atom stereocenters. The van der Waals surface area contributed by atoms with Gasteiger partial charge in [0.1, 0.15) is 0 Å². The molecule has 7 nitrogen and oxygen atoms in total. The first-order valence-corrected chi connectivity index (χ1v) is 11.2. The molecule has 3 aromatic rings. The standard InChI is InChI=1S/C25H27BN2O5/c29-24-21-9-5-7-19-8-6-10-22(23(19)21)25(30)28(24)16-4-2-1-3-15-27-33-17-18-11-13-20(14-12-18)26(31)32/h5-14,27,31-32H,1-4,15-17H2. The largest absolute Gasteiger partial charge is 0.488 e. The van der Waals surface area contributed by atoms with Crippen molar-refractivity contribution < 1.29 is 24.5 Å². The number of unbranched alkanes of at least 4 members (excludes halogenated alkanes) is 3. The van der Waals surface area contributed by atoms with E-state index in [4.69, 9.17) is 14.9 Å². The summed E-state index contributed by atoms with van der Waals surface area (Å²) in [6.45, 7) is 1.50. The van der Waals surface area contributed by atoms with Crippen LogP contribution in [0.5, 0.6) is 0 Å². The maximum absolute atomic E-state index is 12.9. The van der Waals surface area contributed by atoms with Crippen LogP contribution in [0.2, 0.25) is 0 Å². The number of imide groups is 1. The maximum Gasteiger partial charge on any atom is 0.488 e. The Labute approximate surface area is 193 Å². The van der Waals surface area contributed by atoms with Crippen LogP contribution in [0.25, 0.3) is 10.8 Å². The van der Waals surface area contributed by atoms with Crippen molar-refractivity contribution in [3.8, 4) is 0 Å². The van der Waals surface area contributed by atoms with Crippen molar-refractivity contribution in [3.05, 3.63) is 77.4 Å². The van der Waals surface area contributed by atoms with Gasteiger partial charge >= 0.3 is 7.12 Å². The van der Waals surface area contributed by atoms with Crippen molar-refractivity contribution >= 4 is 35.2 Å². The molecule has 2 amide bonds. The zero-order chi connectivity index (χ0) is 23.2. The van der Waals surface area contributed by atoms with Gasteiger partial charge in [0.25, 0.3) is 11.8 Å². The van der Waals surface area contributed by atoms with E-state index in [0.717, 1.165) is 42.0 Å². The number of carbonyl (C=O) groups excluding carboxylic acids is 2. The highest BCUT2D eigenvalue weighted by Crippen LogP contribution is 2.30. The summed E-state index contributed by atoms with van der Waals surface area (Å²) < 4.78 is 0. The van der Waals surface area contributed by atoms with Crippen LogP contribution in [-0.2, 0) is 11.4 Å². The van der Waals surface area contributed by atoms with Gasteiger partial charge in [-0.2, -0.15) is 0 Å². The molecule has 3 N–H and O–H groups in total. The lowest BCUT2D eigenvalue weighted by molar-refractivity contribution is 0.0272. The zero-order valence-electron chi connectivity index (χ0n) is 18.4. The molecule has 8 heteroatoms. The van der Waals surface area contributed by atoms with Gasteiger partial charge in [-0.05, 0) is 41.4 Å². The number of hydroxylamine groups is 1. The minimum atomic E-state index is -1.46. The van der Waals surface area contributed by atoms with Crippen molar-refractivity contribution in [2.24, 2.45) is 0 Å². The molecule has 33 heavy (non-hydrogen) atoms. The fraction of sp³-hybridized carbons (Fsp3) is 0.280. The minimum absolute atomic E-state index is 0.208. The summed E-state index contributed by atoms with van der Waals surface area (Å²) in [7, 11) is -1.46. The summed E-state index contributed by atoms with van der Waals surface area (Å²) in [5.41, 5.74) is 5.51. The Kier molecular flexibility index (Phi) is 7.52. The van der Waals surface area contributed by atoms with E-state index in [0.29, 0.717) is 36.3 Å². The molecule has 0 saturated heterocycles. The first-order chi connectivity index (χ1) is 16.1. The Hall–Kier alpha value is -3.04. The van der Waals surface area contributed by atoms with Gasteiger partial charge in [-0.1, -0.05) is 61.4 Å². The topological polar surface area (TPSA) is 99.1 Å². The normalized spacial score (nSPS) is 13.1. The Balaban J connectivity index is 1.14. The molecule has 0 bridgehead atoms. The second-order valence-electron chi connectivity index (χ2n) is 8.18. The first-order valence-electron chi connectivity index (χ1n) is 11.2. The van der Waals surface area contributed by atoms with Crippen LogP contribution in [0.1, 0.15) is 52.0 Å². The third-order valence-corrected chi connectivity index (χ3v) is 5.89. The van der Waals surface area contributed by atoms with Crippen molar-refractivity contribution in [2.75, 3.05) is 13.1 Å². The summed E-state index contributed by atoms with van der Waals surface area (Å²) in [4.78, 5) is 32.6. The summed E-state index contributed by atoms with van der Waals surface area (Å²) >= 11 is 0. The second kappa shape index (κ2) is 10.7. The average Bonchev–Trinajstić information content (AvgIpc) is 2.83. The maximum atomic E-state index is 12.9. The van der Waals surface area contributed by atoms with Crippen molar-refractivity contribution in [3.63, 3.8) is 0 Å². The number of rotatable bonds is 11. The fourth-order valence-electron chi connectivity index (χ4n) is 4.10. The van der Waals surface area contributed by atoms with E-state index in [1.807, 2.05) is 24.3 Å². The smallest absolute Gasteiger partial charge is 0.423 e. The Morgan fingerprint density at radius 1 is 0.818 bits per heavy atom. The van der Waals surface area contributed by atoms with Crippen molar-refractivity contribution in [1.29, 1.82) is 0 Å². The molecule has 170 valence electrons. The molecule has 0 radical (unpaired) electrons. The number of nitrogens with zero attached hydrogens (tertiary/aromatic N) is 1. The Morgan fingerprint density at radius 3 is 2.09 bits per heavy atom. The van der Waals surface area contributed by atoms with Crippen molar-refractivity contribution in [2.45, 2.75) is 32.3 Å². The van der Waals surface area contributed by atoms with Gasteiger partial charge in [0.05, 0.1) is 6.61 Å². The molecule has 1 heterocycles. The van der Waals surface area contributed by atoms with Crippen LogP contribution in [0.3, 0.4) is 0 Å². The van der Waals surface area contributed by atoms with Gasteiger partial charge in [0.15, 0.2) is 0 Å². The number of benzene rings is 3. The molecule has 3 aromatic carbocycles. The van der Waals surface area contributed by atoms with E-state index in [1.165, 1.54) is 4.90 Å². The quantitative estimate of drug-likeness (QED) is 0.181. The average molecular weight is 446 g/mol. The molecular weight excluding hydrogens is 419 g/mol. The molecule has 0 spiro atoms. The molecule has 0 aliphatic carbocycles. The third kappa shape index (κ3) is 5.31. The second-order valence-corrected chi connectivity index (χ2v) is 8.18. The predicted molar refractivity (Wildman–Crippen MR) is 127 cm³/mol. The number of amides is 2. The van der Waals surface area contributed by atoms with Gasteiger partial charge in [0, 0.05) is 29.6 Å². The molecule has 4 rings (SSSR count). The van der Waals surface area contributed by atoms with Gasteiger partial charge in [0.2, 0.25) is 0 Å². The molecule has 0 fully saturated rings. The molecular formula is C25H27BN2O5. The van der Waals surface area contributed by atoms with Crippen LogP contribution < -0.4 is 10.9 Å². The van der Waals surface area contributed by atoms with Gasteiger partial charge < -0.3 is 10.0 Å². The Morgan fingerprint density at radius 2 is 1.45 bits per heavy atom. The monoisotopic (exact) mass is 446 g/mol. The summed E-state index contributed by atoms with van der Waals surface area (Å²) in [5.74, 6) is -0.415. The third-order valence-electron chi connectivity index (χ3n) is 5.89. The number of carbonyl (C=O) groups is 2. The highest BCUT2D eigenvalue weighted by atomic mass is 16.6. The molecule has 1 aliphatic rings. The highest BCUT2D eigenvalue weighted by Gasteiger charge is 2.31. The lowest BCUT2D eigenvalue weighted by Crippen LogP contribution is -2.40. The molecule has 0 aromatic heterocycles. The Bertz CT molecular complexity index is 1080. The molecule has 0 atom stereocenters. The van der Waals surface area contributed by atoms with E-state index < -0.39 is 7.12 Å².